The zero-order valence-electron chi connectivity index (χ0n) is 22.5. The summed E-state index contributed by atoms with van der Waals surface area (Å²) in [5, 5.41) is 0.210. The Kier molecular flexibility index (Phi) is 8.48. The first-order chi connectivity index (χ1) is 13.6. The van der Waals surface area contributed by atoms with Gasteiger partial charge in [-0.05, 0) is 74.6 Å². The molecule has 0 aromatic carbocycles. The highest BCUT2D eigenvalue weighted by molar-refractivity contribution is 6.74. The highest BCUT2D eigenvalue weighted by atomic mass is 28.4. The highest BCUT2D eigenvalue weighted by Crippen LogP contribution is 2.44. The molecule has 31 heavy (non-hydrogen) atoms. The SMILES string of the molecule is C=C1/C(=C/C(=O)OC(C)(C)C)C[C@@H](O[Si](C)(C)C(C)(C)C)C[C@@H]1O[Si](C)(C)C(C)(C)C. The molecule has 0 aromatic heterocycles. The Labute approximate surface area is 194 Å². The molecule has 1 aliphatic carbocycles. The van der Waals surface area contributed by atoms with Crippen molar-refractivity contribution in [3.63, 3.8) is 0 Å². The van der Waals surface area contributed by atoms with Crippen LogP contribution in [0.4, 0.5) is 0 Å². The molecule has 1 aliphatic rings. The van der Waals surface area contributed by atoms with Crippen molar-refractivity contribution < 1.29 is 18.4 Å². The molecular weight excluding hydrogens is 420 g/mol. The smallest absolute Gasteiger partial charge is 0.331 e. The van der Waals surface area contributed by atoms with Gasteiger partial charge in [0.05, 0.1) is 12.2 Å². The van der Waals surface area contributed by atoms with E-state index in [0.29, 0.717) is 6.42 Å². The van der Waals surface area contributed by atoms with Gasteiger partial charge < -0.3 is 13.6 Å². The van der Waals surface area contributed by atoms with E-state index < -0.39 is 22.2 Å². The van der Waals surface area contributed by atoms with Gasteiger partial charge >= 0.3 is 5.97 Å². The maximum atomic E-state index is 12.6. The van der Waals surface area contributed by atoms with E-state index in [0.717, 1.165) is 17.6 Å². The van der Waals surface area contributed by atoms with Gasteiger partial charge in [0, 0.05) is 12.5 Å². The quantitative estimate of drug-likeness (QED) is 0.240. The lowest BCUT2D eigenvalue weighted by molar-refractivity contribution is -0.148. The van der Waals surface area contributed by atoms with Crippen molar-refractivity contribution in [3.8, 4) is 0 Å². The van der Waals surface area contributed by atoms with Gasteiger partial charge in [-0.25, -0.2) is 4.79 Å². The zero-order valence-corrected chi connectivity index (χ0v) is 24.5. The zero-order chi connectivity index (χ0) is 24.6. The van der Waals surface area contributed by atoms with E-state index in [1.165, 1.54) is 0 Å². The highest BCUT2D eigenvalue weighted by Gasteiger charge is 2.44. The first kappa shape index (κ1) is 28.3. The van der Waals surface area contributed by atoms with E-state index in [9.17, 15) is 4.79 Å². The minimum Gasteiger partial charge on any atom is -0.457 e. The molecule has 0 amide bonds. The van der Waals surface area contributed by atoms with Gasteiger partial charge in [0.2, 0.25) is 0 Å². The van der Waals surface area contributed by atoms with E-state index in [-0.39, 0.29) is 28.3 Å². The summed E-state index contributed by atoms with van der Waals surface area (Å²) in [5.41, 5.74) is 1.26. The summed E-state index contributed by atoms with van der Waals surface area (Å²) in [6.45, 7) is 32.5. The van der Waals surface area contributed by atoms with Crippen LogP contribution in [0, 0.1) is 0 Å². The summed E-state index contributed by atoms with van der Waals surface area (Å²) in [5.74, 6) is -0.331. The number of hydrogen-bond acceptors (Lipinski definition) is 4. The van der Waals surface area contributed by atoms with Crippen LogP contribution < -0.4 is 0 Å². The summed E-state index contributed by atoms with van der Waals surface area (Å²) in [6, 6.07) is 0. The van der Waals surface area contributed by atoms with Gasteiger partial charge in [-0.1, -0.05) is 48.1 Å². The second kappa shape index (κ2) is 9.28. The third-order valence-electron chi connectivity index (χ3n) is 6.94. The second-order valence-corrected chi connectivity index (χ2v) is 22.5. The first-order valence-corrected chi connectivity index (χ1v) is 17.4. The Morgan fingerprint density at radius 1 is 0.903 bits per heavy atom. The molecule has 0 aromatic rings. The van der Waals surface area contributed by atoms with E-state index >= 15 is 0 Å². The van der Waals surface area contributed by atoms with Gasteiger partial charge in [-0.2, -0.15) is 0 Å². The Morgan fingerprint density at radius 2 is 1.35 bits per heavy atom. The molecule has 180 valence electrons. The molecule has 0 bridgehead atoms. The van der Waals surface area contributed by atoms with Crippen molar-refractivity contribution in [1.82, 2.24) is 0 Å². The third kappa shape index (κ3) is 7.99. The monoisotopic (exact) mass is 468 g/mol. The van der Waals surface area contributed by atoms with Crippen molar-refractivity contribution in [1.29, 1.82) is 0 Å². The molecule has 0 saturated heterocycles. The molecule has 0 radical (unpaired) electrons. The normalized spacial score (nSPS) is 23.3. The molecule has 4 nitrogen and oxygen atoms in total. The van der Waals surface area contributed by atoms with Crippen LogP contribution in [0.25, 0.3) is 0 Å². The van der Waals surface area contributed by atoms with Gasteiger partial charge in [0.15, 0.2) is 16.6 Å². The number of ether oxygens (including phenoxy) is 1. The fourth-order valence-corrected chi connectivity index (χ4v) is 5.68. The van der Waals surface area contributed by atoms with Crippen LogP contribution in [0.5, 0.6) is 0 Å². The van der Waals surface area contributed by atoms with Crippen molar-refractivity contribution in [3.05, 3.63) is 23.8 Å². The predicted molar refractivity (Wildman–Crippen MR) is 136 cm³/mol. The van der Waals surface area contributed by atoms with Crippen molar-refractivity contribution in [2.45, 2.75) is 129 Å². The van der Waals surface area contributed by atoms with Crippen molar-refractivity contribution >= 4 is 22.6 Å². The minimum atomic E-state index is -2.02. The van der Waals surface area contributed by atoms with Crippen LogP contribution >= 0.6 is 0 Å². The largest absolute Gasteiger partial charge is 0.457 e. The van der Waals surface area contributed by atoms with Crippen LogP contribution in [-0.4, -0.2) is 40.4 Å². The maximum absolute atomic E-state index is 12.6. The lowest BCUT2D eigenvalue weighted by atomic mass is 9.86. The van der Waals surface area contributed by atoms with Gasteiger partial charge in [-0.15, -0.1) is 0 Å². The van der Waals surface area contributed by atoms with Crippen LogP contribution in [0.1, 0.15) is 75.2 Å². The van der Waals surface area contributed by atoms with Crippen LogP contribution in [0.3, 0.4) is 0 Å². The fourth-order valence-electron chi connectivity index (χ4n) is 3.01. The number of carbonyl (C=O) groups excluding carboxylic acids is 1. The summed E-state index contributed by atoms with van der Waals surface area (Å²) in [7, 11) is -3.98. The summed E-state index contributed by atoms with van der Waals surface area (Å²) >= 11 is 0. The maximum Gasteiger partial charge on any atom is 0.331 e. The molecule has 0 N–H and O–H groups in total. The average molecular weight is 469 g/mol. The summed E-state index contributed by atoms with van der Waals surface area (Å²) in [6.07, 6.45) is 2.93. The number of carbonyl (C=O) groups is 1. The van der Waals surface area contributed by atoms with E-state index in [2.05, 4.69) is 74.3 Å². The summed E-state index contributed by atoms with van der Waals surface area (Å²) in [4.78, 5) is 12.6. The molecule has 6 heteroatoms. The Morgan fingerprint density at radius 3 is 1.77 bits per heavy atom. The molecular formula is C25H48O4Si2. The molecule has 1 fully saturated rings. The molecule has 2 atom stereocenters. The Bertz CT molecular complexity index is 701. The topological polar surface area (TPSA) is 44.8 Å². The van der Waals surface area contributed by atoms with Crippen molar-refractivity contribution in [2.24, 2.45) is 0 Å². The van der Waals surface area contributed by atoms with Gasteiger partial charge in [-0.3, -0.25) is 0 Å². The number of rotatable bonds is 5. The molecule has 0 aliphatic heterocycles. The van der Waals surface area contributed by atoms with E-state index in [4.69, 9.17) is 13.6 Å². The van der Waals surface area contributed by atoms with Crippen molar-refractivity contribution in [2.75, 3.05) is 0 Å². The van der Waals surface area contributed by atoms with Crippen LogP contribution in [0.2, 0.25) is 36.3 Å². The van der Waals surface area contributed by atoms with Crippen LogP contribution in [0.15, 0.2) is 23.8 Å². The lowest BCUT2D eigenvalue weighted by Gasteiger charge is -2.45. The second-order valence-electron chi connectivity index (χ2n) is 13.0. The fraction of sp³-hybridized carbons (Fsp3) is 0.800. The molecule has 0 unspecified atom stereocenters. The number of hydrogen-bond donors (Lipinski definition) is 0. The summed E-state index contributed by atoms with van der Waals surface area (Å²) < 4.78 is 19.1. The lowest BCUT2D eigenvalue weighted by Crippen LogP contribution is -2.49. The predicted octanol–water partition coefficient (Wildman–Crippen LogP) is 7.39. The van der Waals surface area contributed by atoms with E-state index in [1.807, 2.05) is 20.8 Å². The van der Waals surface area contributed by atoms with Gasteiger partial charge in [0.25, 0.3) is 0 Å². The van der Waals surface area contributed by atoms with E-state index in [1.54, 1.807) is 6.08 Å². The standard InChI is InChI=1S/C25H48O4Si2/c1-18-19(16-22(26)27-23(2,3)4)15-20(28-30(11,12)24(5,6)7)17-21(18)29-31(13,14)25(8,9)10/h16,20-21H,1,15,17H2,2-14H3/b19-16+/t20-,21+/m1/s1. The third-order valence-corrected chi connectivity index (χ3v) is 16.0. The molecule has 0 heterocycles. The molecule has 0 spiro atoms. The van der Waals surface area contributed by atoms with Gasteiger partial charge in [0.1, 0.15) is 5.60 Å². The van der Waals surface area contributed by atoms with Crippen LogP contribution in [-0.2, 0) is 18.4 Å². The minimum absolute atomic E-state index is 0.00912. The molecule has 1 saturated carbocycles. The number of esters is 1. The Balaban J connectivity index is 3.26. The average Bonchev–Trinajstić information content (AvgIpc) is 2.46. The molecule has 1 rings (SSSR count). The Hall–Kier alpha value is -0.696. The first-order valence-electron chi connectivity index (χ1n) is 11.5.